The van der Waals surface area contributed by atoms with Crippen molar-refractivity contribution < 1.29 is 9.72 Å². The van der Waals surface area contributed by atoms with Gasteiger partial charge in [0.1, 0.15) is 0 Å². The molecule has 0 radical (unpaired) electrons. The summed E-state index contributed by atoms with van der Waals surface area (Å²) < 4.78 is 1.01. The van der Waals surface area contributed by atoms with Gasteiger partial charge < -0.3 is 5.32 Å². The molecule has 102 valence electrons. The third kappa shape index (κ3) is 3.32. The van der Waals surface area contributed by atoms with Gasteiger partial charge in [-0.3, -0.25) is 14.9 Å². The lowest BCUT2D eigenvalue weighted by Crippen LogP contribution is -2.12. The summed E-state index contributed by atoms with van der Waals surface area (Å²) in [7, 11) is 0. The molecule has 6 heteroatoms. The van der Waals surface area contributed by atoms with Crippen molar-refractivity contribution in [2.24, 2.45) is 0 Å². The molecule has 0 aliphatic heterocycles. The number of anilines is 1. The van der Waals surface area contributed by atoms with Gasteiger partial charge in [-0.05, 0) is 59.8 Å². The van der Waals surface area contributed by atoms with Gasteiger partial charge in [-0.2, -0.15) is 0 Å². The maximum absolute atomic E-state index is 12.1. The van der Waals surface area contributed by atoms with Crippen molar-refractivity contribution in [3.05, 3.63) is 67.3 Å². The molecule has 0 atom stereocenters. The van der Waals surface area contributed by atoms with Crippen molar-refractivity contribution >= 4 is 39.9 Å². The first kappa shape index (κ1) is 14.4. The Morgan fingerprint density at radius 3 is 2.60 bits per heavy atom. The topological polar surface area (TPSA) is 72.2 Å². The molecule has 0 aliphatic rings. The molecule has 0 saturated heterocycles. The van der Waals surface area contributed by atoms with Crippen LogP contribution in [-0.4, -0.2) is 10.8 Å². The van der Waals surface area contributed by atoms with E-state index in [0.29, 0.717) is 16.8 Å². The third-order valence-corrected chi connectivity index (χ3v) is 3.41. The fourth-order valence-electron chi connectivity index (χ4n) is 1.77. The minimum Gasteiger partial charge on any atom is -0.322 e. The summed E-state index contributed by atoms with van der Waals surface area (Å²) in [6.07, 6.45) is 0. The van der Waals surface area contributed by atoms with E-state index in [9.17, 15) is 14.9 Å². The van der Waals surface area contributed by atoms with Crippen LogP contribution in [0.3, 0.4) is 0 Å². The SMILES string of the molecule is Cc1cc(C(=O)Nc2cccc(I)c2)ccc1[N+](=O)[O-]. The number of carbonyl (C=O) groups is 1. The molecule has 0 aliphatic carbocycles. The Hall–Kier alpha value is -1.96. The minimum absolute atomic E-state index is 0.0100. The fourth-order valence-corrected chi connectivity index (χ4v) is 2.31. The molecule has 0 unspecified atom stereocenters. The zero-order valence-electron chi connectivity index (χ0n) is 10.6. The average Bonchev–Trinajstić information content (AvgIpc) is 2.38. The van der Waals surface area contributed by atoms with Crippen molar-refractivity contribution in [2.75, 3.05) is 5.32 Å². The number of rotatable bonds is 3. The first-order chi connectivity index (χ1) is 9.47. The molecule has 5 nitrogen and oxygen atoms in total. The van der Waals surface area contributed by atoms with Crippen molar-refractivity contribution in [3.8, 4) is 0 Å². The standard InChI is InChI=1S/C14H11IN2O3/c1-9-7-10(5-6-13(9)17(19)20)14(18)16-12-4-2-3-11(15)8-12/h2-8H,1H3,(H,16,18). The van der Waals surface area contributed by atoms with E-state index in [1.807, 2.05) is 18.2 Å². The van der Waals surface area contributed by atoms with Crippen LogP contribution in [0.25, 0.3) is 0 Å². The van der Waals surface area contributed by atoms with Crippen LogP contribution in [-0.2, 0) is 0 Å². The number of nitrogens with one attached hydrogen (secondary N) is 1. The number of aryl methyl sites for hydroxylation is 1. The van der Waals surface area contributed by atoms with Crippen molar-refractivity contribution in [2.45, 2.75) is 6.92 Å². The van der Waals surface area contributed by atoms with Gasteiger partial charge in [-0.1, -0.05) is 6.07 Å². The normalized spacial score (nSPS) is 10.1. The van der Waals surface area contributed by atoms with E-state index in [2.05, 4.69) is 27.9 Å². The Balaban J connectivity index is 2.22. The number of hydrogen-bond acceptors (Lipinski definition) is 3. The monoisotopic (exact) mass is 382 g/mol. The molecular weight excluding hydrogens is 371 g/mol. The van der Waals surface area contributed by atoms with Crippen LogP contribution in [0.5, 0.6) is 0 Å². The summed E-state index contributed by atoms with van der Waals surface area (Å²) in [5.74, 6) is -0.287. The summed E-state index contributed by atoms with van der Waals surface area (Å²) in [5.41, 5.74) is 1.56. The number of nitrogens with zero attached hydrogens (tertiary/aromatic N) is 1. The second-order valence-electron chi connectivity index (χ2n) is 4.22. The number of nitro benzene ring substituents is 1. The summed E-state index contributed by atoms with van der Waals surface area (Å²) in [4.78, 5) is 22.3. The predicted molar refractivity (Wildman–Crippen MR) is 84.9 cm³/mol. The summed E-state index contributed by atoms with van der Waals surface area (Å²) in [6.45, 7) is 1.61. The van der Waals surface area contributed by atoms with Gasteiger partial charge in [0.15, 0.2) is 0 Å². The molecule has 0 saturated carbocycles. The Labute approximate surface area is 129 Å². The van der Waals surface area contributed by atoms with Crippen LogP contribution in [0.15, 0.2) is 42.5 Å². The van der Waals surface area contributed by atoms with E-state index in [1.165, 1.54) is 18.2 Å². The Kier molecular flexibility index (Phi) is 4.33. The van der Waals surface area contributed by atoms with Gasteiger partial charge in [0.25, 0.3) is 11.6 Å². The molecular formula is C14H11IN2O3. The molecule has 2 aromatic carbocycles. The lowest BCUT2D eigenvalue weighted by atomic mass is 10.1. The molecule has 1 N–H and O–H groups in total. The number of nitro groups is 1. The summed E-state index contributed by atoms with van der Waals surface area (Å²) in [5, 5.41) is 13.5. The van der Waals surface area contributed by atoms with E-state index in [4.69, 9.17) is 0 Å². The predicted octanol–water partition coefficient (Wildman–Crippen LogP) is 3.76. The van der Waals surface area contributed by atoms with Crippen LogP contribution in [0, 0.1) is 20.6 Å². The third-order valence-electron chi connectivity index (χ3n) is 2.74. The molecule has 0 bridgehead atoms. The molecule has 20 heavy (non-hydrogen) atoms. The fraction of sp³-hybridized carbons (Fsp3) is 0.0714. The number of carbonyl (C=O) groups excluding carboxylic acids is 1. The van der Waals surface area contributed by atoms with Gasteiger partial charge in [-0.25, -0.2) is 0 Å². The van der Waals surface area contributed by atoms with E-state index in [-0.39, 0.29) is 11.6 Å². The first-order valence-corrected chi connectivity index (χ1v) is 6.87. The molecule has 0 fully saturated rings. The van der Waals surface area contributed by atoms with Crippen LogP contribution in [0.2, 0.25) is 0 Å². The quantitative estimate of drug-likeness (QED) is 0.499. The Bertz CT molecular complexity index is 686. The highest BCUT2D eigenvalue weighted by Crippen LogP contribution is 2.20. The Morgan fingerprint density at radius 2 is 2.00 bits per heavy atom. The largest absolute Gasteiger partial charge is 0.322 e. The van der Waals surface area contributed by atoms with E-state index in [0.717, 1.165) is 3.57 Å². The zero-order valence-corrected chi connectivity index (χ0v) is 12.7. The Morgan fingerprint density at radius 1 is 1.25 bits per heavy atom. The first-order valence-electron chi connectivity index (χ1n) is 5.79. The molecule has 0 aromatic heterocycles. The number of halogens is 1. The maximum Gasteiger partial charge on any atom is 0.272 e. The molecule has 0 heterocycles. The molecule has 1 amide bonds. The number of amides is 1. The smallest absolute Gasteiger partial charge is 0.272 e. The highest BCUT2D eigenvalue weighted by atomic mass is 127. The molecule has 2 aromatic rings. The van der Waals surface area contributed by atoms with Crippen LogP contribution >= 0.6 is 22.6 Å². The van der Waals surface area contributed by atoms with E-state index in [1.54, 1.807) is 13.0 Å². The summed E-state index contributed by atoms with van der Waals surface area (Å²) >= 11 is 2.16. The van der Waals surface area contributed by atoms with E-state index >= 15 is 0 Å². The van der Waals surface area contributed by atoms with Crippen LogP contribution in [0.1, 0.15) is 15.9 Å². The van der Waals surface area contributed by atoms with Crippen molar-refractivity contribution in [1.82, 2.24) is 0 Å². The van der Waals surface area contributed by atoms with Crippen LogP contribution < -0.4 is 5.32 Å². The van der Waals surface area contributed by atoms with Gasteiger partial charge >= 0.3 is 0 Å². The number of benzene rings is 2. The van der Waals surface area contributed by atoms with Crippen molar-refractivity contribution in [1.29, 1.82) is 0 Å². The summed E-state index contributed by atoms with van der Waals surface area (Å²) in [6, 6.07) is 11.7. The second-order valence-corrected chi connectivity index (χ2v) is 5.47. The lowest BCUT2D eigenvalue weighted by molar-refractivity contribution is -0.385. The highest BCUT2D eigenvalue weighted by molar-refractivity contribution is 14.1. The lowest BCUT2D eigenvalue weighted by Gasteiger charge is -2.06. The minimum atomic E-state index is -0.462. The van der Waals surface area contributed by atoms with Gasteiger partial charge in [-0.15, -0.1) is 0 Å². The maximum atomic E-state index is 12.1. The number of hydrogen-bond donors (Lipinski definition) is 1. The second kappa shape index (κ2) is 6.00. The van der Waals surface area contributed by atoms with Gasteiger partial charge in [0, 0.05) is 26.5 Å². The van der Waals surface area contributed by atoms with Gasteiger partial charge in [0.2, 0.25) is 0 Å². The van der Waals surface area contributed by atoms with Crippen LogP contribution in [0.4, 0.5) is 11.4 Å². The molecule has 2 rings (SSSR count). The van der Waals surface area contributed by atoms with Crippen molar-refractivity contribution in [3.63, 3.8) is 0 Å². The van der Waals surface area contributed by atoms with Gasteiger partial charge in [0.05, 0.1) is 4.92 Å². The molecule has 0 spiro atoms. The average molecular weight is 382 g/mol. The van der Waals surface area contributed by atoms with E-state index < -0.39 is 4.92 Å². The zero-order chi connectivity index (χ0) is 14.7. The highest BCUT2D eigenvalue weighted by Gasteiger charge is 2.13.